The number of aromatic nitrogens is 3. The molecule has 5 nitrogen and oxygen atoms in total. The summed E-state index contributed by atoms with van der Waals surface area (Å²) in [5.74, 6) is 1.43. The molecule has 26 heavy (non-hydrogen) atoms. The Kier molecular flexibility index (Phi) is 5.66. The van der Waals surface area contributed by atoms with Gasteiger partial charge in [-0.25, -0.2) is 4.98 Å². The maximum Gasteiger partial charge on any atom is 0.274 e. The van der Waals surface area contributed by atoms with Crippen molar-refractivity contribution >= 4 is 11.4 Å². The molecule has 3 heterocycles. The van der Waals surface area contributed by atoms with Gasteiger partial charge < -0.3 is 9.30 Å². The molecule has 0 aliphatic carbocycles. The zero-order valence-electron chi connectivity index (χ0n) is 15.7. The van der Waals surface area contributed by atoms with Gasteiger partial charge in [0.05, 0.1) is 5.52 Å². The van der Waals surface area contributed by atoms with E-state index in [1.165, 1.54) is 5.56 Å². The predicted octanol–water partition coefficient (Wildman–Crippen LogP) is 3.63. The Morgan fingerprint density at radius 3 is 2.65 bits per heavy atom. The lowest BCUT2D eigenvalue weighted by atomic mass is 10.1. The van der Waals surface area contributed by atoms with Gasteiger partial charge >= 0.3 is 0 Å². The molecule has 0 spiro atoms. The van der Waals surface area contributed by atoms with Gasteiger partial charge in [0, 0.05) is 38.1 Å². The van der Waals surface area contributed by atoms with Crippen LogP contribution in [-0.2, 0) is 12.8 Å². The summed E-state index contributed by atoms with van der Waals surface area (Å²) in [7, 11) is 0. The van der Waals surface area contributed by atoms with Crippen molar-refractivity contribution in [1.82, 2.24) is 19.3 Å². The van der Waals surface area contributed by atoms with E-state index in [0.717, 1.165) is 24.2 Å². The standard InChI is InChI=1S/C21H26N4O/c1-4-24(14-10-17-8-11-22-12-9-17)21(26)20-18-7-5-6-13-25(18)19(23-20)15-16(2)3/h5-9,11-13,16H,4,10,14-15H2,1-3H3. The predicted molar refractivity (Wildman–Crippen MR) is 103 cm³/mol. The molecule has 0 unspecified atom stereocenters. The Bertz CT molecular complexity index is 870. The lowest BCUT2D eigenvalue weighted by molar-refractivity contribution is 0.0762. The van der Waals surface area contributed by atoms with Crippen LogP contribution in [0.4, 0.5) is 0 Å². The molecule has 0 atom stereocenters. The number of hydrogen-bond acceptors (Lipinski definition) is 3. The van der Waals surface area contributed by atoms with Crippen LogP contribution in [0.15, 0.2) is 48.9 Å². The van der Waals surface area contributed by atoms with E-state index in [1.54, 1.807) is 12.4 Å². The van der Waals surface area contributed by atoms with Crippen molar-refractivity contribution in [2.75, 3.05) is 13.1 Å². The summed E-state index contributed by atoms with van der Waals surface area (Å²) in [6.07, 6.45) is 7.22. The molecule has 0 N–H and O–H groups in total. The highest BCUT2D eigenvalue weighted by Gasteiger charge is 2.22. The quantitative estimate of drug-likeness (QED) is 0.654. The molecule has 0 aromatic carbocycles. The maximum absolute atomic E-state index is 13.1. The summed E-state index contributed by atoms with van der Waals surface area (Å²) in [4.78, 5) is 23.8. The summed E-state index contributed by atoms with van der Waals surface area (Å²) in [6, 6.07) is 9.89. The van der Waals surface area contributed by atoms with Gasteiger partial charge in [0.1, 0.15) is 5.82 Å². The molecule has 0 aliphatic rings. The SMILES string of the molecule is CCN(CCc1ccncc1)C(=O)c1nc(CC(C)C)n2ccccc12. The lowest BCUT2D eigenvalue weighted by Gasteiger charge is -2.20. The number of imidazole rings is 1. The van der Waals surface area contributed by atoms with Gasteiger partial charge in [0.15, 0.2) is 5.69 Å². The van der Waals surface area contributed by atoms with Crippen molar-refractivity contribution in [3.63, 3.8) is 0 Å². The summed E-state index contributed by atoms with van der Waals surface area (Å²) < 4.78 is 2.05. The fourth-order valence-electron chi connectivity index (χ4n) is 3.13. The second-order valence-corrected chi connectivity index (χ2v) is 6.92. The fraction of sp³-hybridized carbons (Fsp3) is 0.381. The van der Waals surface area contributed by atoms with Crippen LogP contribution in [0.5, 0.6) is 0 Å². The van der Waals surface area contributed by atoms with Crippen LogP contribution in [0, 0.1) is 5.92 Å². The third-order valence-electron chi connectivity index (χ3n) is 4.50. The van der Waals surface area contributed by atoms with Crippen LogP contribution in [-0.4, -0.2) is 38.3 Å². The van der Waals surface area contributed by atoms with Crippen molar-refractivity contribution in [3.8, 4) is 0 Å². The van der Waals surface area contributed by atoms with Gasteiger partial charge in [-0.05, 0) is 49.1 Å². The lowest BCUT2D eigenvalue weighted by Crippen LogP contribution is -2.33. The number of amides is 1. The zero-order chi connectivity index (χ0) is 18.5. The summed E-state index contributed by atoms with van der Waals surface area (Å²) in [6.45, 7) is 7.68. The highest BCUT2D eigenvalue weighted by molar-refractivity contribution is 5.99. The molecule has 5 heteroatoms. The van der Waals surface area contributed by atoms with Gasteiger partial charge in [0.25, 0.3) is 5.91 Å². The second-order valence-electron chi connectivity index (χ2n) is 6.92. The van der Waals surface area contributed by atoms with Crippen LogP contribution in [0.1, 0.15) is 42.6 Å². The third-order valence-corrected chi connectivity index (χ3v) is 4.50. The van der Waals surface area contributed by atoms with E-state index in [1.807, 2.05) is 52.8 Å². The van der Waals surface area contributed by atoms with E-state index < -0.39 is 0 Å². The van der Waals surface area contributed by atoms with Gasteiger partial charge in [-0.2, -0.15) is 0 Å². The molecular formula is C21H26N4O. The molecule has 0 aliphatic heterocycles. The minimum Gasteiger partial charge on any atom is -0.337 e. The van der Waals surface area contributed by atoms with Crippen LogP contribution < -0.4 is 0 Å². The molecule has 0 fully saturated rings. The van der Waals surface area contributed by atoms with Gasteiger partial charge in [-0.1, -0.05) is 19.9 Å². The summed E-state index contributed by atoms with van der Waals surface area (Å²) in [5, 5.41) is 0. The maximum atomic E-state index is 13.1. The molecule has 3 aromatic rings. The summed E-state index contributed by atoms with van der Waals surface area (Å²) in [5.41, 5.74) is 2.62. The molecule has 0 radical (unpaired) electrons. The topological polar surface area (TPSA) is 50.5 Å². The van der Waals surface area contributed by atoms with E-state index in [4.69, 9.17) is 4.98 Å². The van der Waals surface area contributed by atoms with Crippen molar-refractivity contribution < 1.29 is 4.79 Å². The highest BCUT2D eigenvalue weighted by Crippen LogP contribution is 2.18. The smallest absolute Gasteiger partial charge is 0.274 e. The van der Waals surface area contributed by atoms with Crippen LogP contribution in [0.25, 0.3) is 5.52 Å². The largest absolute Gasteiger partial charge is 0.337 e. The minimum atomic E-state index is 0.000243. The van der Waals surface area contributed by atoms with E-state index in [9.17, 15) is 4.79 Å². The van der Waals surface area contributed by atoms with Gasteiger partial charge in [0.2, 0.25) is 0 Å². The molecule has 0 bridgehead atoms. The number of pyridine rings is 2. The Morgan fingerprint density at radius 2 is 1.96 bits per heavy atom. The first-order chi connectivity index (χ1) is 12.6. The number of carbonyl (C=O) groups is 1. The van der Waals surface area contributed by atoms with Gasteiger partial charge in [-0.15, -0.1) is 0 Å². The van der Waals surface area contributed by atoms with E-state index in [-0.39, 0.29) is 5.91 Å². The highest BCUT2D eigenvalue weighted by atomic mass is 16.2. The molecular weight excluding hydrogens is 324 g/mol. The normalized spacial score (nSPS) is 11.2. The first kappa shape index (κ1) is 18.1. The third kappa shape index (κ3) is 3.93. The molecule has 3 rings (SSSR count). The molecule has 0 saturated heterocycles. The Labute approximate surface area is 154 Å². The first-order valence-corrected chi connectivity index (χ1v) is 9.24. The van der Waals surface area contributed by atoms with Gasteiger partial charge in [-0.3, -0.25) is 9.78 Å². The average Bonchev–Trinajstić information content (AvgIpc) is 3.01. The minimum absolute atomic E-state index is 0.000243. The van der Waals surface area contributed by atoms with Crippen molar-refractivity contribution in [2.24, 2.45) is 5.92 Å². The van der Waals surface area contributed by atoms with Crippen molar-refractivity contribution in [1.29, 1.82) is 0 Å². The van der Waals surface area contributed by atoms with E-state index >= 15 is 0 Å². The number of hydrogen-bond donors (Lipinski definition) is 0. The van der Waals surface area contributed by atoms with Crippen LogP contribution in [0.2, 0.25) is 0 Å². The molecule has 1 amide bonds. The van der Waals surface area contributed by atoms with E-state index in [2.05, 4.69) is 18.8 Å². The number of rotatable bonds is 7. The number of fused-ring (bicyclic) bond motifs is 1. The number of nitrogens with zero attached hydrogens (tertiary/aromatic N) is 4. The Hall–Kier alpha value is -2.69. The molecule has 3 aromatic heterocycles. The Morgan fingerprint density at radius 1 is 1.19 bits per heavy atom. The first-order valence-electron chi connectivity index (χ1n) is 9.24. The number of carbonyl (C=O) groups excluding carboxylic acids is 1. The average molecular weight is 350 g/mol. The Balaban J connectivity index is 1.85. The summed E-state index contributed by atoms with van der Waals surface area (Å²) >= 11 is 0. The van der Waals surface area contributed by atoms with Crippen LogP contribution >= 0.6 is 0 Å². The number of likely N-dealkylation sites (N-methyl/N-ethyl adjacent to an activating group) is 1. The zero-order valence-corrected chi connectivity index (χ0v) is 15.7. The van der Waals surface area contributed by atoms with Crippen molar-refractivity contribution in [3.05, 3.63) is 66.0 Å². The van der Waals surface area contributed by atoms with Crippen LogP contribution in [0.3, 0.4) is 0 Å². The van der Waals surface area contributed by atoms with E-state index in [0.29, 0.717) is 24.7 Å². The fourth-order valence-corrected chi connectivity index (χ4v) is 3.13. The molecule has 136 valence electrons. The monoisotopic (exact) mass is 350 g/mol. The molecule has 0 saturated carbocycles. The second kappa shape index (κ2) is 8.13. The van der Waals surface area contributed by atoms with Crippen molar-refractivity contribution in [2.45, 2.75) is 33.6 Å².